The normalized spacial score (nSPS) is 21.2. The fourth-order valence-corrected chi connectivity index (χ4v) is 3.13. The van der Waals surface area contributed by atoms with Crippen LogP contribution in [0.25, 0.3) is 0 Å². The summed E-state index contributed by atoms with van der Waals surface area (Å²) in [6.07, 6.45) is 10.2. The Hall–Kier alpha value is -0.350. The van der Waals surface area contributed by atoms with Crippen molar-refractivity contribution in [1.82, 2.24) is 5.32 Å². The van der Waals surface area contributed by atoms with Crippen molar-refractivity contribution in [1.29, 1.82) is 0 Å². The molecule has 1 atom stereocenters. The third-order valence-corrected chi connectivity index (χ3v) is 4.51. The maximum Gasteiger partial charge on any atom is 0.147 e. The van der Waals surface area contributed by atoms with Crippen LogP contribution in [0, 0.1) is 11.3 Å². The number of hydrogen-bond acceptors (Lipinski definition) is 3. The highest BCUT2D eigenvalue weighted by molar-refractivity contribution is 7.90. The van der Waals surface area contributed by atoms with Gasteiger partial charge in [0.1, 0.15) is 9.84 Å². The van der Waals surface area contributed by atoms with Gasteiger partial charge >= 0.3 is 0 Å². The van der Waals surface area contributed by atoms with Gasteiger partial charge in [0.2, 0.25) is 0 Å². The monoisotopic (exact) mass is 273 g/mol. The smallest absolute Gasteiger partial charge is 0.147 e. The molecule has 0 heterocycles. The molecule has 0 aromatic heterocycles. The van der Waals surface area contributed by atoms with Crippen molar-refractivity contribution in [3.8, 4) is 0 Å². The topological polar surface area (TPSA) is 46.2 Å². The van der Waals surface area contributed by atoms with Crippen LogP contribution < -0.4 is 5.32 Å². The minimum absolute atomic E-state index is 0.0492. The maximum atomic E-state index is 11.2. The van der Waals surface area contributed by atoms with Gasteiger partial charge in [-0.1, -0.05) is 26.0 Å². The lowest BCUT2D eigenvalue weighted by molar-refractivity contribution is 0.312. The van der Waals surface area contributed by atoms with Gasteiger partial charge in [-0.15, -0.1) is 0 Å². The molecule has 0 saturated carbocycles. The zero-order valence-electron chi connectivity index (χ0n) is 11.9. The molecule has 1 rings (SSSR count). The summed E-state index contributed by atoms with van der Waals surface area (Å²) in [5.74, 6) is 1.04. The number of sulfone groups is 1. The number of nitrogens with one attached hydrogen (secondary N) is 1. The Bertz CT molecular complexity index is 371. The van der Waals surface area contributed by atoms with Gasteiger partial charge in [0.05, 0.1) is 5.75 Å². The van der Waals surface area contributed by atoms with Gasteiger partial charge < -0.3 is 5.32 Å². The second kappa shape index (κ2) is 6.71. The van der Waals surface area contributed by atoms with E-state index in [0.717, 1.165) is 25.4 Å². The van der Waals surface area contributed by atoms with Crippen LogP contribution in [0.1, 0.15) is 39.5 Å². The maximum absolute atomic E-state index is 11.2. The molecule has 0 spiro atoms. The first-order valence-corrected chi connectivity index (χ1v) is 8.88. The minimum atomic E-state index is -2.84. The summed E-state index contributed by atoms with van der Waals surface area (Å²) in [5, 5.41) is 3.50. The van der Waals surface area contributed by atoms with Crippen molar-refractivity contribution in [2.24, 2.45) is 11.3 Å². The molecule has 3 nitrogen and oxygen atoms in total. The zero-order chi connectivity index (χ0) is 13.6. The van der Waals surface area contributed by atoms with Crippen molar-refractivity contribution in [3.05, 3.63) is 12.2 Å². The van der Waals surface area contributed by atoms with E-state index in [-0.39, 0.29) is 11.2 Å². The predicted octanol–water partition coefficient (Wildman–Crippen LogP) is 2.39. The van der Waals surface area contributed by atoms with Gasteiger partial charge in [-0.25, -0.2) is 8.42 Å². The van der Waals surface area contributed by atoms with E-state index in [0.29, 0.717) is 0 Å². The molecule has 0 radical (unpaired) electrons. The average Bonchev–Trinajstić information content (AvgIpc) is 2.27. The van der Waals surface area contributed by atoms with Gasteiger partial charge in [-0.2, -0.15) is 0 Å². The van der Waals surface area contributed by atoms with Crippen molar-refractivity contribution < 1.29 is 8.42 Å². The molecule has 0 fully saturated rings. The minimum Gasteiger partial charge on any atom is -0.316 e. The van der Waals surface area contributed by atoms with Crippen molar-refractivity contribution in [2.75, 3.05) is 25.1 Å². The first kappa shape index (κ1) is 15.7. The highest BCUT2D eigenvalue weighted by Gasteiger charge is 2.20. The molecule has 1 aliphatic rings. The van der Waals surface area contributed by atoms with Crippen molar-refractivity contribution in [2.45, 2.75) is 39.5 Å². The van der Waals surface area contributed by atoms with E-state index in [1.165, 1.54) is 25.5 Å². The Morgan fingerprint density at radius 2 is 2.06 bits per heavy atom. The summed E-state index contributed by atoms with van der Waals surface area (Å²) in [6, 6.07) is 0. The molecular formula is C14H27NO2S. The highest BCUT2D eigenvalue weighted by Crippen LogP contribution is 2.21. The molecule has 1 N–H and O–H groups in total. The van der Waals surface area contributed by atoms with Crippen LogP contribution in [0.2, 0.25) is 0 Å². The molecule has 0 unspecified atom stereocenters. The van der Waals surface area contributed by atoms with Gasteiger partial charge in [-0.3, -0.25) is 0 Å². The SMILES string of the molecule is CC(C)(CCS(C)(=O)=O)CNC[C@H]1CC=CCC1. The lowest BCUT2D eigenvalue weighted by Gasteiger charge is -2.26. The average molecular weight is 273 g/mol. The largest absolute Gasteiger partial charge is 0.316 e. The van der Waals surface area contributed by atoms with Gasteiger partial charge in [0, 0.05) is 12.8 Å². The zero-order valence-corrected chi connectivity index (χ0v) is 12.7. The van der Waals surface area contributed by atoms with Crippen LogP contribution in [0.3, 0.4) is 0 Å². The molecule has 0 aromatic rings. The lowest BCUT2D eigenvalue weighted by atomic mass is 9.89. The van der Waals surface area contributed by atoms with E-state index >= 15 is 0 Å². The van der Waals surface area contributed by atoms with E-state index in [4.69, 9.17) is 0 Å². The van der Waals surface area contributed by atoms with Crippen molar-refractivity contribution in [3.63, 3.8) is 0 Å². The van der Waals surface area contributed by atoms with Crippen molar-refractivity contribution >= 4 is 9.84 Å². The first-order chi connectivity index (χ1) is 8.29. The fraction of sp³-hybridized carbons (Fsp3) is 0.857. The number of hydrogen-bond donors (Lipinski definition) is 1. The van der Waals surface area contributed by atoms with E-state index < -0.39 is 9.84 Å². The quantitative estimate of drug-likeness (QED) is 0.725. The standard InChI is InChI=1S/C14H27NO2S/c1-14(2,9-10-18(3,16)17)12-15-11-13-7-5-4-6-8-13/h4-5,13,15H,6-12H2,1-3H3/t13-/m0/s1. The molecular weight excluding hydrogens is 246 g/mol. The first-order valence-electron chi connectivity index (χ1n) is 6.82. The summed E-state index contributed by atoms with van der Waals surface area (Å²) in [5.41, 5.74) is 0.0492. The Morgan fingerprint density at radius 1 is 1.33 bits per heavy atom. The molecule has 0 bridgehead atoms. The molecule has 0 aliphatic heterocycles. The van der Waals surface area contributed by atoms with E-state index in [1.54, 1.807) is 0 Å². The lowest BCUT2D eigenvalue weighted by Crippen LogP contribution is -2.34. The van der Waals surface area contributed by atoms with Crippen LogP contribution in [-0.2, 0) is 9.84 Å². The second-order valence-electron chi connectivity index (χ2n) is 6.33. The van der Waals surface area contributed by atoms with Crippen LogP contribution in [0.5, 0.6) is 0 Å². The number of rotatable bonds is 7. The van der Waals surface area contributed by atoms with E-state index in [2.05, 4.69) is 31.3 Å². The van der Waals surface area contributed by atoms with Gasteiger partial charge in [0.15, 0.2) is 0 Å². The molecule has 0 aromatic carbocycles. The summed E-state index contributed by atoms with van der Waals surface area (Å²) in [4.78, 5) is 0. The molecule has 1 aliphatic carbocycles. The Labute approximate surface area is 112 Å². The molecule has 106 valence electrons. The second-order valence-corrected chi connectivity index (χ2v) is 8.59. The van der Waals surface area contributed by atoms with Crippen LogP contribution in [0.15, 0.2) is 12.2 Å². The third-order valence-electron chi connectivity index (χ3n) is 3.56. The predicted molar refractivity (Wildman–Crippen MR) is 77.5 cm³/mol. The fourth-order valence-electron chi connectivity index (χ4n) is 2.21. The molecule has 4 heteroatoms. The number of allylic oxidation sites excluding steroid dienone is 2. The summed E-state index contributed by atoms with van der Waals surface area (Å²) in [7, 11) is -2.84. The Kier molecular flexibility index (Phi) is 5.86. The molecule has 0 saturated heterocycles. The Morgan fingerprint density at radius 3 is 2.61 bits per heavy atom. The summed E-state index contributed by atoms with van der Waals surface area (Å²) in [6.45, 7) is 6.20. The highest BCUT2D eigenvalue weighted by atomic mass is 32.2. The van der Waals surface area contributed by atoms with Gasteiger partial charge in [-0.05, 0) is 43.6 Å². The molecule has 18 heavy (non-hydrogen) atoms. The Balaban J connectivity index is 2.22. The summed E-state index contributed by atoms with van der Waals surface area (Å²) >= 11 is 0. The van der Waals surface area contributed by atoms with Gasteiger partial charge in [0.25, 0.3) is 0 Å². The van der Waals surface area contributed by atoms with E-state index in [9.17, 15) is 8.42 Å². The van der Waals surface area contributed by atoms with E-state index in [1.807, 2.05) is 0 Å². The van der Waals surface area contributed by atoms with Crippen LogP contribution >= 0.6 is 0 Å². The van der Waals surface area contributed by atoms with Crippen LogP contribution in [0.4, 0.5) is 0 Å². The third kappa shape index (κ3) is 7.17. The van der Waals surface area contributed by atoms with Crippen LogP contribution in [-0.4, -0.2) is 33.5 Å². The molecule has 0 amide bonds. The summed E-state index contributed by atoms with van der Waals surface area (Å²) < 4.78 is 22.3.